The van der Waals surface area contributed by atoms with Gasteiger partial charge in [0.15, 0.2) is 0 Å². The minimum absolute atomic E-state index is 0.0965. The maximum Gasteiger partial charge on any atom is 0.255 e. The Hall–Kier alpha value is -0.930. The highest BCUT2D eigenvalue weighted by molar-refractivity contribution is 7.80. The lowest BCUT2D eigenvalue weighted by Crippen LogP contribution is -2.37. The first kappa shape index (κ1) is 14.1. The van der Waals surface area contributed by atoms with E-state index in [2.05, 4.69) is 19.2 Å². The molecule has 0 heterocycles. The van der Waals surface area contributed by atoms with Crippen molar-refractivity contribution in [3.63, 3.8) is 0 Å². The van der Waals surface area contributed by atoms with Crippen molar-refractivity contribution in [2.75, 3.05) is 6.54 Å². The zero-order valence-corrected chi connectivity index (χ0v) is 11.6. The van der Waals surface area contributed by atoms with Crippen molar-refractivity contribution in [2.45, 2.75) is 24.8 Å². The number of benzene rings is 1. The molecule has 1 amide bonds. The van der Waals surface area contributed by atoms with Gasteiger partial charge in [0, 0.05) is 17.5 Å². The maximum atomic E-state index is 12.3. The van der Waals surface area contributed by atoms with Crippen LogP contribution in [0.25, 0.3) is 0 Å². The molecule has 0 saturated carbocycles. The van der Waals surface area contributed by atoms with E-state index < -0.39 is 0 Å². The van der Waals surface area contributed by atoms with Crippen molar-refractivity contribution in [1.82, 2.24) is 4.90 Å². The van der Waals surface area contributed by atoms with Crippen LogP contribution in [-0.4, -0.2) is 23.4 Å². The van der Waals surface area contributed by atoms with Crippen LogP contribution >= 0.6 is 24.2 Å². The Morgan fingerprint density at radius 3 is 2.76 bits per heavy atom. The third-order valence-corrected chi connectivity index (χ3v) is 3.00. The third-order valence-electron chi connectivity index (χ3n) is 2.39. The molecule has 0 N–H and O–H groups in total. The Balaban J connectivity index is 3.08. The van der Waals surface area contributed by atoms with E-state index in [9.17, 15) is 4.79 Å². The topological polar surface area (TPSA) is 20.3 Å². The zero-order chi connectivity index (χ0) is 13.0. The molecule has 0 spiro atoms. The molecule has 0 atom stereocenters. The summed E-state index contributed by atoms with van der Waals surface area (Å²) in [6.07, 6.45) is 1.70. The van der Waals surface area contributed by atoms with Gasteiger partial charge in [-0.05, 0) is 32.0 Å². The second kappa shape index (κ2) is 6.12. The number of thiol groups is 1. The number of hydrogen-bond donors (Lipinski definition) is 1. The first-order chi connectivity index (χ1) is 7.97. The molecule has 4 heteroatoms. The fourth-order valence-electron chi connectivity index (χ4n) is 1.50. The lowest BCUT2D eigenvalue weighted by atomic mass is 10.1. The fourth-order valence-corrected chi connectivity index (χ4v) is 1.90. The quantitative estimate of drug-likeness (QED) is 0.653. The minimum Gasteiger partial charge on any atom is -0.332 e. The molecule has 92 valence electrons. The van der Waals surface area contributed by atoms with Gasteiger partial charge in [-0.2, -0.15) is 0 Å². The zero-order valence-electron chi connectivity index (χ0n) is 9.98. The predicted octanol–water partition coefficient (Wildman–Crippen LogP) is 3.67. The first-order valence-electron chi connectivity index (χ1n) is 5.37. The van der Waals surface area contributed by atoms with Gasteiger partial charge < -0.3 is 4.90 Å². The molecular weight excluding hydrogens is 254 g/mol. The second-order valence-corrected chi connectivity index (χ2v) is 4.93. The highest BCUT2D eigenvalue weighted by Crippen LogP contribution is 2.22. The smallest absolute Gasteiger partial charge is 0.255 e. The number of carbonyl (C=O) groups is 1. The molecule has 0 unspecified atom stereocenters. The molecule has 0 aliphatic rings. The molecule has 0 radical (unpaired) electrons. The van der Waals surface area contributed by atoms with Crippen molar-refractivity contribution in [2.24, 2.45) is 0 Å². The van der Waals surface area contributed by atoms with Crippen molar-refractivity contribution >= 4 is 30.1 Å². The van der Waals surface area contributed by atoms with Crippen LogP contribution in [0.3, 0.4) is 0 Å². The van der Waals surface area contributed by atoms with Crippen molar-refractivity contribution in [3.05, 3.63) is 41.4 Å². The van der Waals surface area contributed by atoms with Gasteiger partial charge in [-0.15, -0.1) is 19.2 Å². The lowest BCUT2D eigenvalue weighted by molar-refractivity contribution is 0.0728. The summed E-state index contributed by atoms with van der Waals surface area (Å²) in [5.74, 6) is -0.0965. The monoisotopic (exact) mass is 269 g/mol. The number of halogens is 1. The van der Waals surface area contributed by atoms with E-state index in [0.717, 1.165) is 4.90 Å². The SMILES string of the molecule is C=CCN(C(=O)c1cc(S)ccc1Cl)C(C)C. The summed E-state index contributed by atoms with van der Waals surface area (Å²) in [7, 11) is 0. The van der Waals surface area contributed by atoms with E-state index in [4.69, 9.17) is 11.6 Å². The molecule has 17 heavy (non-hydrogen) atoms. The Morgan fingerprint density at radius 2 is 2.24 bits per heavy atom. The Labute approximate surface area is 113 Å². The molecule has 1 aromatic carbocycles. The summed E-state index contributed by atoms with van der Waals surface area (Å²) in [4.78, 5) is 14.7. The van der Waals surface area contributed by atoms with Crippen molar-refractivity contribution in [3.8, 4) is 0 Å². The van der Waals surface area contributed by atoms with Gasteiger partial charge in [0.2, 0.25) is 0 Å². The van der Waals surface area contributed by atoms with Crippen molar-refractivity contribution < 1.29 is 4.79 Å². The molecule has 2 nitrogen and oxygen atoms in total. The van der Waals surface area contributed by atoms with Gasteiger partial charge in [0.1, 0.15) is 0 Å². The molecule has 1 aromatic rings. The number of rotatable bonds is 4. The van der Waals surface area contributed by atoms with Crippen LogP contribution in [-0.2, 0) is 0 Å². The Bertz CT molecular complexity index is 431. The lowest BCUT2D eigenvalue weighted by Gasteiger charge is -2.25. The van der Waals surface area contributed by atoms with Crippen molar-refractivity contribution in [1.29, 1.82) is 0 Å². The average molecular weight is 270 g/mol. The van der Waals surface area contributed by atoms with Gasteiger partial charge in [0.05, 0.1) is 10.6 Å². The van der Waals surface area contributed by atoms with E-state index in [0.29, 0.717) is 17.1 Å². The van der Waals surface area contributed by atoms with Gasteiger partial charge in [-0.25, -0.2) is 0 Å². The van der Waals surface area contributed by atoms with Crippen LogP contribution in [0.15, 0.2) is 35.7 Å². The summed E-state index contributed by atoms with van der Waals surface area (Å²) in [5.41, 5.74) is 0.481. The van der Waals surface area contributed by atoms with E-state index in [1.54, 1.807) is 29.2 Å². The molecule has 0 bridgehead atoms. The number of hydrogen-bond acceptors (Lipinski definition) is 2. The van der Waals surface area contributed by atoms with Crippen LogP contribution in [0, 0.1) is 0 Å². The molecule has 0 aliphatic carbocycles. The Morgan fingerprint density at radius 1 is 1.59 bits per heavy atom. The van der Waals surface area contributed by atoms with Gasteiger partial charge in [-0.1, -0.05) is 17.7 Å². The molecule has 0 saturated heterocycles. The molecule has 1 rings (SSSR count). The summed E-state index contributed by atoms with van der Waals surface area (Å²) in [6, 6.07) is 5.23. The van der Waals surface area contributed by atoms with E-state index in [1.807, 2.05) is 13.8 Å². The maximum absolute atomic E-state index is 12.3. The molecule has 0 aromatic heterocycles. The van der Waals surface area contributed by atoms with Crippen LogP contribution in [0.1, 0.15) is 24.2 Å². The Kier molecular flexibility index (Phi) is 5.09. The summed E-state index contributed by atoms with van der Waals surface area (Å²) in [6.45, 7) is 8.08. The van der Waals surface area contributed by atoms with Gasteiger partial charge in [0.25, 0.3) is 5.91 Å². The average Bonchev–Trinajstić information content (AvgIpc) is 2.28. The van der Waals surface area contributed by atoms with Crippen LogP contribution < -0.4 is 0 Å². The second-order valence-electron chi connectivity index (χ2n) is 4.00. The molecular formula is C13H16ClNOS. The first-order valence-corrected chi connectivity index (χ1v) is 6.20. The van der Waals surface area contributed by atoms with E-state index in [1.165, 1.54) is 0 Å². The standard InChI is InChI=1S/C13H16ClNOS/c1-4-7-15(9(2)3)13(16)11-8-10(17)5-6-12(11)14/h4-6,8-9,17H,1,7H2,2-3H3. The summed E-state index contributed by atoms with van der Waals surface area (Å²) >= 11 is 10.3. The fraction of sp³-hybridized carbons (Fsp3) is 0.308. The number of amides is 1. The van der Waals surface area contributed by atoms with E-state index >= 15 is 0 Å². The van der Waals surface area contributed by atoms with E-state index in [-0.39, 0.29) is 11.9 Å². The number of carbonyl (C=O) groups excluding carboxylic acids is 1. The minimum atomic E-state index is -0.0965. The third kappa shape index (κ3) is 3.51. The van der Waals surface area contributed by atoms with Gasteiger partial charge >= 0.3 is 0 Å². The normalized spacial score (nSPS) is 10.4. The van der Waals surface area contributed by atoms with Gasteiger partial charge in [-0.3, -0.25) is 4.79 Å². The highest BCUT2D eigenvalue weighted by atomic mass is 35.5. The predicted molar refractivity (Wildman–Crippen MR) is 75.1 cm³/mol. The van der Waals surface area contributed by atoms with Crippen LogP contribution in [0.2, 0.25) is 5.02 Å². The summed E-state index contributed by atoms with van der Waals surface area (Å²) in [5, 5.41) is 0.447. The highest BCUT2D eigenvalue weighted by Gasteiger charge is 2.19. The summed E-state index contributed by atoms with van der Waals surface area (Å²) < 4.78 is 0. The van der Waals surface area contributed by atoms with Crippen LogP contribution in [0.4, 0.5) is 0 Å². The van der Waals surface area contributed by atoms with Crippen LogP contribution in [0.5, 0.6) is 0 Å². The molecule has 0 fully saturated rings. The molecule has 0 aliphatic heterocycles. The largest absolute Gasteiger partial charge is 0.332 e. The number of nitrogens with zero attached hydrogens (tertiary/aromatic N) is 1.